The van der Waals surface area contributed by atoms with Crippen molar-refractivity contribution in [2.75, 3.05) is 26.2 Å². The van der Waals surface area contributed by atoms with Crippen LogP contribution in [0.2, 0.25) is 0 Å². The smallest absolute Gasteiger partial charge is 0.193 e. The van der Waals surface area contributed by atoms with Crippen molar-refractivity contribution in [1.29, 1.82) is 0 Å². The first-order chi connectivity index (χ1) is 9.29. The summed E-state index contributed by atoms with van der Waals surface area (Å²) in [7, 11) is 0. The Hall–Kier alpha value is -1.52. The molecule has 1 N–H and O–H groups in total. The summed E-state index contributed by atoms with van der Waals surface area (Å²) in [6.07, 6.45) is 8.16. The molecule has 0 aromatic carbocycles. The number of nitrogens with zero attached hydrogens (tertiary/aromatic N) is 4. The normalized spacial score (nSPS) is 17.8. The third kappa shape index (κ3) is 4.26. The molecular formula is C14H25N5. The summed E-state index contributed by atoms with van der Waals surface area (Å²) in [5.41, 5.74) is 0. The first-order valence-corrected chi connectivity index (χ1v) is 7.28. The van der Waals surface area contributed by atoms with E-state index >= 15 is 0 Å². The Morgan fingerprint density at radius 3 is 2.84 bits per heavy atom. The van der Waals surface area contributed by atoms with E-state index in [1.54, 1.807) is 6.20 Å². The molecule has 106 valence electrons. The van der Waals surface area contributed by atoms with E-state index < -0.39 is 0 Å². The van der Waals surface area contributed by atoms with E-state index in [1.807, 2.05) is 12.5 Å². The monoisotopic (exact) mass is 263 g/mol. The third-order valence-corrected chi connectivity index (χ3v) is 3.60. The molecule has 0 unspecified atom stereocenters. The lowest BCUT2D eigenvalue weighted by atomic mass is 10.00. The van der Waals surface area contributed by atoms with Crippen molar-refractivity contribution >= 4 is 5.96 Å². The van der Waals surface area contributed by atoms with E-state index in [0.29, 0.717) is 0 Å². The van der Waals surface area contributed by atoms with Crippen LogP contribution in [-0.2, 0) is 6.54 Å². The van der Waals surface area contributed by atoms with Gasteiger partial charge in [0.05, 0.1) is 12.9 Å². The standard InChI is InChI=1S/C14H25N5/c1-3-16-14(19-8-4-13(2)5-9-19)17-7-11-18-10-6-15-12-18/h6,10,12-13H,3-5,7-9,11H2,1-2H3,(H,16,17). The predicted octanol–water partition coefficient (Wildman–Crippen LogP) is 1.58. The average Bonchev–Trinajstić information content (AvgIpc) is 2.92. The quantitative estimate of drug-likeness (QED) is 0.662. The van der Waals surface area contributed by atoms with Crippen molar-refractivity contribution in [3.8, 4) is 0 Å². The van der Waals surface area contributed by atoms with Gasteiger partial charge in [0, 0.05) is 38.6 Å². The minimum Gasteiger partial charge on any atom is -0.357 e. The van der Waals surface area contributed by atoms with Crippen LogP contribution in [0.3, 0.4) is 0 Å². The zero-order valence-electron chi connectivity index (χ0n) is 12.0. The number of likely N-dealkylation sites (tertiary alicyclic amines) is 1. The summed E-state index contributed by atoms with van der Waals surface area (Å²) < 4.78 is 2.06. The van der Waals surface area contributed by atoms with E-state index in [4.69, 9.17) is 4.99 Å². The second-order valence-corrected chi connectivity index (χ2v) is 5.21. The summed E-state index contributed by atoms with van der Waals surface area (Å²) in [6, 6.07) is 0. The maximum atomic E-state index is 4.72. The molecule has 5 heteroatoms. The molecule has 19 heavy (non-hydrogen) atoms. The van der Waals surface area contributed by atoms with E-state index in [0.717, 1.165) is 44.6 Å². The van der Waals surface area contributed by atoms with Gasteiger partial charge in [0.25, 0.3) is 0 Å². The number of hydrogen-bond acceptors (Lipinski definition) is 2. The van der Waals surface area contributed by atoms with Gasteiger partial charge in [-0.2, -0.15) is 0 Å². The van der Waals surface area contributed by atoms with Crippen LogP contribution in [0.25, 0.3) is 0 Å². The molecule has 0 saturated carbocycles. The molecule has 1 aromatic heterocycles. The number of aromatic nitrogens is 2. The summed E-state index contributed by atoms with van der Waals surface area (Å²) in [5, 5.41) is 3.40. The maximum absolute atomic E-state index is 4.72. The molecule has 0 amide bonds. The summed E-state index contributed by atoms with van der Waals surface area (Å²) in [6.45, 7) is 9.31. The second-order valence-electron chi connectivity index (χ2n) is 5.21. The highest BCUT2D eigenvalue weighted by molar-refractivity contribution is 5.80. The number of rotatable bonds is 4. The van der Waals surface area contributed by atoms with Gasteiger partial charge in [-0.15, -0.1) is 0 Å². The highest BCUT2D eigenvalue weighted by atomic mass is 15.3. The van der Waals surface area contributed by atoms with Crippen molar-refractivity contribution in [1.82, 2.24) is 19.8 Å². The molecular weight excluding hydrogens is 238 g/mol. The predicted molar refractivity (Wildman–Crippen MR) is 78.2 cm³/mol. The van der Waals surface area contributed by atoms with Crippen LogP contribution < -0.4 is 5.32 Å². The Morgan fingerprint density at radius 2 is 2.21 bits per heavy atom. The zero-order chi connectivity index (χ0) is 13.5. The lowest BCUT2D eigenvalue weighted by Gasteiger charge is -2.33. The fourth-order valence-electron chi connectivity index (χ4n) is 2.34. The molecule has 1 saturated heterocycles. The lowest BCUT2D eigenvalue weighted by molar-refractivity contribution is 0.273. The highest BCUT2D eigenvalue weighted by Crippen LogP contribution is 2.15. The van der Waals surface area contributed by atoms with E-state index in [-0.39, 0.29) is 0 Å². The lowest BCUT2D eigenvalue weighted by Crippen LogP contribution is -2.45. The first-order valence-electron chi connectivity index (χ1n) is 7.28. The topological polar surface area (TPSA) is 45.5 Å². The Morgan fingerprint density at radius 1 is 1.42 bits per heavy atom. The fourth-order valence-corrected chi connectivity index (χ4v) is 2.34. The summed E-state index contributed by atoms with van der Waals surface area (Å²) in [5.74, 6) is 1.92. The van der Waals surface area contributed by atoms with E-state index in [9.17, 15) is 0 Å². The minimum atomic E-state index is 0.796. The Kier molecular flexibility index (Phi) is 5.24. The molecule has 0 aliphatic carbocycles. The van der Waals surface area contributed by atoms with Gasteiger partial charge in [-0.25, -0.2) is 4.98 Å². The van der Waals surface area contributed by atoms with Crippen LogP contribution in [0.1, 0.15) is 26.7 Å². The van der Waals surface area contributed by atoms with Crippen LogP contribution >= 0.6 is 0 Å². The van der Waals surface area contributed by atoms with Gasteiger partial charge in [-0.1, -0.05) is 6.92 Å². The van der Waals surface area contributed by atoms with Gasteiger partial charge >= 0.3 is 0 Å². The van der Waals surface area contributed by atoms with Gasteiger partial charge in [0.15, 0.2) is 5.96 Å². The second kappa shape index (κ2) is 7.16. The Balaban J connectivity index is 1.87. The Labute approximate surface area is 115 Å². The molecule has 0 spiro atoms. The van der Waals surface area contributed by atoms with Crippen molar-refractivity contribution in [2.24, 2.45) is 10.9 Å². The van der Waals surface area contributed by atoms with Gasteiger partial charge in [0.1, 0.15) is 0 Å². The van der Waals surface area contributed by atoms with Crippen LogP contribution in [0.4, 0.5) is 0 Å². The molecule has 1 aromatic rings. The van der Waals surface area contributed by atoms with Crippen LogP contribution in [0.5, 0.6) is 0 Å². The zero-order valence-corrected chi connectivity index (χ0v) is 12.0. The van der Waals surface area contributed by atoms with Crippen molar-refractivity contribution < 1.29 is 0 Å². The van der Waals surface area contributed by atoms with E-state index in [2.05, 4.69) is 33.6 Å². The third-order valence-electron chi connectivity index (χ3n) is 3.60. The van der Waals surface area contributed by atoms with Gasteiger partial charge in [-0.3, -0.25) is 4.99 Å². The fraction of sp³-hybridized carbons (Fsp3) is 0.714. The molecule has 5 nitrogen and oxygen atoms in total. The minimum absolute atomic E-state index is 0.796. The number of piperidine rings is 1. The number of imidazole rings is 1. The van der Waals surface area contributed by atoms with Crippen molar-refractivity contribution in [2.45, 2.75) is 33.2 Å². The molecule has 2 rings (SSSR count). The summed E-state index contributed by atoms with van der Waals surface area (Å²) >= 11 is 0. The van der Waals surface area contributed by atoms with Gasteiger partial charge in [0.2, 0.25) is 0 Å². The van der Waals surface area contributed by atoms with Crippen molar-refractivity contribution in [3.05, 3.63) is 18.7 Å². The molecule has 2 heterocycles. The molecule has 1 aliphatic heterocycles. The average molecular weight is 263 g/mol. The molecule has 0 bridgehead atoms. The maximum Gasteiger partial charge on any atom is 0.193 e. The molecule has 0 radical (unpaired) electrons. The number of aliphatic imine (C=N–C) groups is 1. The van der Waals surface area contributed by atoms with Gasteiger partial charge < -0.3 is 14.8 Å². The Bertz CT molecular complexity index is 377. The van der Waals surface area contributed by atoms with Gasteiger partial charge in [-0.05, 0) is 25.7 Å². The number of hydrogen-bond donors (Lipinski definition) is 1. The van der Waals surface area contributed by atoms with E-state index in [1.165, 1.54) is 12.8 Å². The SMILES string of the molecule is CCNC(=NCCn1ccnc1)N1CCC(C)CC1. The van der Waals surface area contributed by atoms with Crippen LogP contribution in [0.15, 0.2) is 23.7 Å². The van der Waals surface area contributed by atoms with Crippen LogP contribution in [-0.4, -0.2) is 46.6 Å². The summed E-state index contributed by atoms with van der Waals surface area (Å²) in [4.78, 5) is 11.1. The number of nitrogens with one attached hydrogen (secondary N) is 1. The van der Waals surface area contributed by atoms with Crippen molar-refractivity contribution in [3.63, 3.8) is 0 Å². The molecule has 1 fully saturated rings. The molecule has 0 atom stereocenters. The first kappa shape index (κ1) is 13.9. The van der Waals surface area contributed by atoms with Crippen LogP contribution in [0, 0.1) is 5.92 Å². The largest absolute Gasteiger partial charge is 0.357 e. The highest BCUT2D eigenvalue weighted by Gasteiger charge is 2.18. The molecule has 1 aliphatic rings. The number of guanidine groups is 1.